The van der Waals surface area contributed by atoms with Crippen molar-refractivity contribution in [2.45, 2.75) is 54.7 Å². The molecule has 0 unspecified atom stereocenters. The quantitative estimate of drug-likeness (QED) is 0.657. The molecule has 0 bridgehead atoms. The molecule has 1 atom stereocenters. The van der Waals surface area contributed by atoms with Crippen LogP contribution >= 0.6 is 11.8 Å². The molecule has 0 aromatic heterocycles. The number of nitrogens with zero attached hydrogens (tertiary/aromatic N) is 2. The Labute approximate surface area is 196 Å². The number of halogens is 1. The Morgan fingerprint density at radius 3 is 2.39 bits per heavy atom. The molecular weight excluding hydrogens is 465 g/mol. The number of amides is 2. The highest BCUT2D eigenvalue weighted by molar-refractivity contribution is 8.16. The van der Waals surface area contributed by atoms with E-state index in [4.69, 9.17) is 0 Å². The van der Waals surface area contributed by atoms with E-state index in [2.05, 4.69) is 9.71 Å². The second-order valence-electron chi connectivity index (χ2n) is 8.03. The molecule has 2 aliphatic rings. The predicted molar refractivity (Wildman–Crippen MR) is 126 cm³/mol. The zero-order chi connectivity index (χ0) is 23.4. The number of thioether (sulfide) groups is 1. The molecule has 33 heavy (non-hydrogen) atoms. The van der Waals surface area contributed by atoms with Crippen molar-refractivity contribution in [1.82, 2.24) is 4.90 Å². The van der Waals surface area contributed by atoms with E-state index in [1.165, 1.54) is 41.3 Å². The van der Waals surface area contributed by atoms with Gasteiger partial charge < -0.3 is 5.32 Å². The molecule has 1 saturated carbocycles. The summed E-state index contributed by atoms with van der Waals surface area (Å²) in [5.41, 5.74) is 0.418. The van der Waals surface area contributed by atoms with Crippen molar-refractivity contribution in [3.05, 3.63) is 60.4 Å². The Morgan fingerprint density at radius 1 is 1.06 bits per heavy atom. The first-order chi connectivity index (χ1) is 15.8. The van der Waals surface area contributed by atoms with Gasteiger partial charge in [-0.3, -0.25) is 14.5 Å². The minimum absolute atomic E-state index is 0.0478. The van der Waals surface area contributed by atoms with Crippen molar-refractivity contribution in [3.63, 3.8) is 0 Å². The van der Waals surface area contributed by atoms with E-state index < -0.39 is 27.0 Å². The fourth-order valence-electron chi connectivity index (χ4n) is 4.02. The van der Waals surface area contributed by atoms with E-state index in [0.717, 1.165) is 43.9 Å². The van der Waals surface area contributed by atoms with Crippen LogP contribution in [0.5, 0.6) is 0 Å². The van der Waals surface area contributed by atoms with Gasteiger partial charge in [0.25, 0.3) is 10.0 Å². The highest BCUT2D eigenvalue weighted by Crippen LogP contribution is 2.36. The van der Waals surface area contributed by atoms with Gasteiger partial charge in [0.2, 0.25) is 11.8 Å². The molecule has 1 saturated heterocycles. The first kappa shape index (κ1) is 23.4. The molecule has 2 aromatic carbocycles. The number of sulfonamides is 1. The average molecular weight is 490 g/mol. The number of carbonyl (C=O) groups is 2. The van der Waals surface area contributed by atoms with Crippen LogP contribution in [0.15, 0.2) is 63.9 Å². The normalized spacial score (nSPS) is 20.9. The van der Waals surface area contributed by atoms with Crippen molar-refractivity contribution >= 4 is 44.5 Å². The molecule has 174 valence electrons. The van der Waals surface area contributed by atoms with Crippen LogP contribution in [0, 0.1) is 5.82 Å². The smallest absolute Gasteiger partial charge is 0.284 e. The third kappa shape index (κ3) is 5.62. The summed E-state index contributed by atoms with van der Waals surface area (Å²) >= 11 is 1.01. The molecule has 10 heteroatoms. The Bertz CT molecular complexity index is 1150. The zero-order valence-electron chi connectivity index (χ0n) is 17.8. The largest absolute Gasteiger partial charge is 0.326 e. The molecule has 1 N–H and O–H groups in total. The van der Waals surface area contributed by atoms with Gasteiger partial charge in [-0.25, -0.2) is 4.39 Å². The number of hydrogen-bond acceptors (Lipinski definition) is 5. The maximum atomic E-state index is 13.3. The van der Waals surface area contributed by atoms with Gasteiger partial charge in [-0.2, -0.15) is 8.42 Å². The lowest BCUT2D eigenvalue weighted by molar-refractivity contribution is -0.130. The number of hydrogen-bond donors (Lipinski definition) is 1. The molecular formula is C23H24FN3O4S2. The first-order valence-electron chi connectivity index (χ1n) is 10.8. The van der Waals surface area contributed by atoms with E-state index in [-0.39, 0.29) is 28.4 Å². The van der Waals surface area contributed by atoms with Crippen molar-refractivity contribution < 1.29 is 22.4 Å². The van der Waals surface area contributed by atoms with Crippen LogP contribution < -0.4 is 5.32 Å². The molecule has 0 spiro atoms. The summed E-state index contributed by atoms with van der Waals surface area (Å²) in [6.07, 6.45) is 4.37. The topological polar surface area (TPSA) is 95.9 Å². The van der Waals surface area contributed by atoms with Crippen LogP contribution in [0.1, 0.15) is 38.5 Å². The molecule has 0 radical (unpaired) electrons. The number of rotatable bonds is 6. The summed E-state index contributed by atoms with van der Waals surface area (Å²) in [4.78, 5) is 27.4. The van der Waals surface area contributed by atoms with Crippen LogP contribution in [-0.4, -0.2) is 41.6 Å². The maximum Gasteiger partial charge on any atom is 0.284 e. The van der Waals surface area contributed by atoms with Gasteiger partial charge in [0.05, 0.1) is 4.90 Å². The highest BCUT2D eigenvalue weighted by Gasteiger charge is 2.43. The molecule has 2 fully saturated rings. The highest BCUT2D eigenvalue weighted by atomic mass is 32.2. The molecule has 1 heterocycles. The summed E-state index contributed by atoms with van der Waals surface area (Å²) in [6.45, 7) is 0. The van der Waals surface area contributed by atoms with Crippen LogP contribution in [0.3, 0.4) is 0 Å². The first-order valence-corrected chi connectivity index (χ1v) is 13.1. The second-order valence-corrected chi connectivity index (χ2v) is 10.8. The fraction of sp³-hybridized carbons (Fsp3) is 0.348. The van der Waals surface area contributed by atoms with E-state index >= 15 is 0 Å². The van der Waals surface area contributed by atoms with Gasteiger partial charge in [0.1, 0.15) is 11.1 Å². The zero-order valence-corrected chi connectivity index (χ0v) is 19.4. The number of amidine groups is 1. The lowest BCUT2D eigenvalue weighted by Crippen LogP contribution is -2.42. The summed E-state index contributed by atoms with van der Waals surface area (Å²) in [6, 6.07) is 13.1. The second kappa shape index (κ2) is 10.0. The van der Waals surface area contributed by atoms with Gasteiger partial charge in [0.15, 0.2) is 5.17 Å². The summed E-state index contributed by atoms with van der Waals surface area (Å²) in [7, 11) is -4.01. The summed E-state index contributed by atoms with van der Waals surface area (Å²) in [5, 5.41) is 1.99. The minimum Gasteiger partial charge on any atom is -0.326 e. The monoisotopic (exact) mass is 489 g/mol. The van der Waals surface area contributed by atoms with Gasteiger partial charge in [-0.05, 0) is 49.2 Å². The number of anilines is 1. The number of benzene rings is 2. The van der Waals surface area contributed by atoms with Crippen molar-refractivity contribution in [2.24, 2.45) is 4.40 Å². The van der Waals surface area contributed by atoms with E-state index in [9.17, 15) is 22.4 Å². The summed E-state index contributed by atoms with van der Waals surface area (Å²) < 4.78 is 42.9. The average Bonchev–Trinajstić information content (AvgIpc) is 3.10. The maximum absolute atomic E-state index is 13.3. The SMILES string of the molecule is O=C(C[C@@H]1SC(=NS(=O)(=O)c2ccccc2)N(C2CCCCC2)C1=O)Nc1ccc(F)cc1. The lowest BCUT2D eigenvalue weighted by Gasteiger charge is -2.30. The van der Waals surface area contributed by atoms with Crippen LogP contribution in [0.2, 0.25) is 0 Å². The predicted octanol–water partition coefficient (Wildman–Crippen LogP) is 4.18. The fourth-order valence-corrected chi connectivity index (χ4v) is 6.44. The van der Waals surface area contributed by atoms with Crippen molar-refractivity contribution in [2.75, 3.05) is 5.32 Å². The molecule has 1 aliphatic heterocycles. The molecule has 4 rings (SSSR count). The number of nitrogens with one attached hydrogen (secondary N) is 1. The lowest BCUT2D eigenvalue weighted by atomic mass is 9.94. The third-order valence-corrected chi connectivity index (χ3v) is 8.19. The third-order valence-electron chi connectivity index (χ3n) is 5.64. The molecule has 7 nitrogen and oxygen atoms in total. The van der Waals surface area contributed by atoms with Gasteiger partial charge in [-0.15, -0.1) is 4.40 Å². The van der Waals surface area contributed by atoms with Crippen molar-refractivity contribution in [3.8, 4) is 0 Å². The van der Waals surface area contributed by atoms with Crippen molar-refractivity contribution in [1.29, 1.82) is 0 Å². The minimum atomic E-state index is -4.01. The number of carbonyl (C=O) groups excluding carboxylic acids is 2. The Morgan fingerprint density at radius 2 is 1.73 bits per heavy atom. The Kier molecular flexibility index (Phi) is 7.14. The van der Waals surface area contributed by atoms with Crippen LogP contribution in [0.25, 0.3) is 0 Å². The van der Waals surface area contributed by atoms with E-state index in [0.29, 0.717) is 5.69 Å². The standard InChI is InChI=1S/C23H24FN3O4S2/c24-16-11-13-17(14-12-16)25-21(28)15-20-22(29)27(18-7-3-1-4-8-18)23(32-20)26-33(30,31)19-9-5-2-6-10-19/h2,5-6,9-14,18,20H,1,3-4,7-8,15H2,(H,25,28)/t20-/m0/s1. The summed E-state index contributed by atoms with van der Waals surface area (Å²) in [5.74, 6) is -1.13. The Balaban J connectivity index is 1.56. The molecule has 1 aliphatic carbocycles. The van der Waals surface area contributed by atoms with Crippen LogP contribution in [0.4, 0.5) is 10.1 Å². The van der Waals surface area contributed by atoms with E-state index in [1.54, 1.807) is 18.2 Å². The van der Waals surface area contributed by atoms with Gasteiger partial charge in [-0.1, -0.05) is 49.2 Å². The van der Waals surface area contributed by atoms with Gasteiger partial charge >= 0.3 is 0 Å². The van der Waals surface area contributed by atoms with Crippen LogP contribution in [-0.2, 0) is 19.6 Å². The van der Waals surface area contributed by atoms with Gasteiger partial charge in [0, 0.05) is 18.2 Å². The molecule has 2 amide bonds. The molecule has 2 aromatic rings. The van der Waals surface area contributed by atoms with E-state index in [1.807, 2.05) is 0 Å². The Hall–Kier alpha value is -2.72.